The van der Waals surface area contributed by atoms with Crippen molar-refractivity contribution in [3.05, 3.63) is 0 Å². The fourth-order valence-corrected chi connectivity index (χ4v) is 2.52. The van der Waals surface area contributed by atoms with Crippen LogP contribution in [0.25, 0.3) is 0 Å². The summed E-state index contributed by atoms with van der Waals surface area (Å²) in [5.74, 6) is -1.16. The average Bonchev–Trinajstić information content (AvgIpc) is 2.29. The summed E-state index contributed by atoms with van der Waals surface area (Å²) < 4.78 is 0. The maximum atomic E-state index is 11.9. The molecule has 1 aliphatic carbocycles. The standard InChI is InChI=1S/C13H23NO3/c1-3-5-9(2)14-12(15)10-6-4-7-11(8-10)13(16)17/h9-11H,3-8H2,1-2H3,(H,14,15)(H,16,17). The van der Waals surface area contributed by atoms with Crippen LogP contribution in [-0.4, -0.2) is 23.0 Å². The molecule has 1 rings (SSSR count). The number of nitrogens with one attached hydrogen (secondary N) is 1. The van der Waals surface area contributed by atoms with Gasteiger partial charge in [-0.05, 0) is 32.6 Å². The number of hydrogen-bond acceptors (Lipinski definition) is 2. The van der Waals surface area contributed by atoms with E-state index >= 15 is 0 Å². The molecule has 17 heavy (non-hydrogen) atoms. The molecule has 0 radical (unpaired) electrons. The van der Waals surface area contributed by atoms with Crippen LogP contribution < -0.4 is 5.32 Å². The largest absolute Gasteiger partial charge is 0.481 e. The van der Waals surface area contributed by atoms with Crippen molar-refractivity contribution in [2.45, 2.75) is 58.4 Å². The van der Waals surface area contributed by atoms with Crippen LogP contribution in [0.1, 0.15) is 52.4 Å². The Morgan fingerprint density at radius 3 is 2.59 bits per heavy atom. The fourth-order valence-electron chi connectivity index (χ4n) is 2.52. The Kier molecular flexibility index (Phi) is 5.45. The highest BCUT2D eigenvalue weighted by atomic mass is 16.4. The molecular formula is C13H23NO3. The first kappa shape index (κ1) is 14.0. The topological polar surface area (TPSA) is 66.4 Å². The second kappa shape index (κ2) is 6.62. The minimum absolute atomic E-state index is 0.0388. The Morgan fingerprint density at radius 2 is 2.00 bits per heavy atom. The number of hydrogen-bond donors (Lipinski definition) is 2. The lowest BCUT2D eigenvalue weighted by Gasteiger charge is -2.27. The highest BCUT2D eigenvalue weighted by molar-refractivity contribution is 5.80. The van der Waals surface area contributed by atoms with Gasteiger partial charge in [-0.1, -0.05) is 19.8 Å². The number of amides is 1. The lowest BCUT2D eigenvalue weighted by atomic mass is 9.81. The van der Waals surface area contributed by atoms with Gasteiger partial charge in [-0.25, -0.2) is 0 Å². The van der Waals surface area contributed by atoms with Gasteiger partial charge in [0.15, 0.2) is 0 Å². The number of carbonyl (C=O) groups excluding carboxylic acids is 1. The summed E-state index contributed by atoms with van der Waals surface area (Å²) in [6.45, 7) is 4.09. The van der Waals surface area contributed by atoms with E-state index in [1.54, 1.807) is 0 Å². The SMILES string of the molecule is CCCC(C)NC(=O)C1CCCC(C(=O)O)C1. The summed E-state index contributed by atoms with van der Waals surface area (Å²) in [5, 5.41) is 12.0. The van der Waals surface area contributed by atoms with E-state index in [1.165, 1.54) is 0 Å². The van der Waals surface area contributed by atoms with Crippen molar-refractivity contribution in [3.8, 4) is 0 Å². The maximum absolute atomic E-state index is 11.9. The third-order valence-electron chi connectivity index (χ3n) is 3.50. The molecular weight excluding hydrogens is 218 g/mol. The van der Waals surface area contributed by atoms with Gasteiger partial charge in [-0.15, -0.1) is 0 Å². The minimum Gasteiger partial charge on any atom is -0.481 e. The molecule has 3 atom stereocenters. The fraction of sp³-hybridized carbons (Fsp3) is 0.846. The van der Waals surface area contributed by atoms with Crippen molar-refractivity contribution in [2.75, 3.05) is 0 Å². The number of carbonyl (C=O) groups is 2. The van der Waals surface area contributed by atoms with Crippen LogP contribution in [0.2, 0.25) is 0 Å². The van der Waals surface area contributed by atoms with E-state index in [-0.39, 0.29) is 23.8 Å². The smallest absolute Gasteiger partial charge is 0.306 e. The Labute approximate surface area is 103 Å². The lowest BCUT2D eigenvalue weighted by Crippen LogP contribution is -2.39. The van der Waals surface area contributed by atoms with Crippen LogP contribution in [-0.2, 0) is 9.59 Å². The van der Waals surface area contributed by atoms with Gasteiger partial charge in [-0.2, -0.15) is 0 Å². The number of carboxylic acid groups (broad SMARTS) is 1. The lowest BCUT2D eigenvalue weighted by molar-refractivity contribution is -0.144. The van der Waals surface area contributed by atoms with Crippen LogP contribution in [0.5, 0.6) is 0 Å². The van der Waals surface area contributed by atoms with Gasteiger partial charge >= 0.3 is 5.97 Å². The summed E-state index contributed by atoms with van der Waals surface area (Å²) in [6.07, 6.45) is 4.90. The van der Waals surface area contributed by atoms with Crippen molar-refractivity contribution >= 4 is 11.9 Å². The highest BCUT2D eigenvalue weighted by Crippen LogP contribution is 2.29. The van der Waals surface area contributed by atoms with E-state index in [4.69, 9.17) is 5.11 Å². The second-order valence-corrected chi connectivity index (χ2v) is 5.10. The Bertz CT molecular complexity index is 278. The molecule has 2 N–H and O–H groups in total. The summed E-state index contributed by atoms with van der Waals surface area (Å²) in [7, 11) is 0. The van der Waals surface area contributed by atoms with E-state index in [9.17, 15) is 9.59 Å². The summed E-state index contributed by atoms with van der Waals surface area (Å²) in [6, 6.07) is 0.192. The van der Waals surface area contributed by atoms with Crippen LogP contribution >= 0.6 is 0 Å². The van der Waals surface area contributed by atoms with Gasteiger partial charge < -0.3 is 10.4 Å². The number of rotatable bonds is 5. The van der Waals surface area contributed by atoms with Crippen LogP contribution in [0.15, 0.2) is 0 Å². The van der Waals surface area contributed by atoms with Crippen molar-refractivity contribution in [1.29, 1.82) is 0 Å². The highest BCUT2D eigenvalue weighted by Gasteiger charge is 2.31. The van der Waals surface area contributed by atoms with Gasteiger partial charge in [-0.3, -0.25) is 9.59 Å². The van der Waals surface area contributed by atoms with E-state index in [0.717, 1.165) is 25.7 Å². The Balaban J connectivity index is 2.43. The molecule has 0 heterocycles. The first-order chi connectivity index (χ1) is 8.04. The van der Waals surface area contributed by atoms with E-state index < -0.39 is 5.97 Å². The molecule has 98 valence electrons. The number of aliphatic carboxylic acids is 1. The third-order valence-corrected chi connectivity index (χ3v) is 3.50. The molecule has 0 spiro atoms. The van der Waals surface area contributed by atoms with Crippen LogP contribution in [0.3, 0.4) is 0 Å². The van der Waals surface area contributed by atoms with Gasteiger partial charge in [0.1, 0.15) is 0 Å². The van der Waals surface area contributed by atoms with Crippen molar-refractivity contribution in [3.63, 3.8) is 0 Å². The maximum Gasteiger partial charge on any atom is 0.306 e. The first-order valence-electron chi connectivity index (χ1n) is 6.57. The van der Waals surface area contributed by atoms with Gasteiger partial charge in [0.25, 0.3) is 0 Å². The molecule has 3 unspecified atom stereocenters. The van der Waals surface area contributed by atoms with Crippen LogP contribution in [0, 0.1) is 11.8 Å². The molecule has 1 amide bonds. The average molecular weight is 241 g/mol. The van der Waals surface area contributed by atoms with E-state index in [2.05, 4.69) is 12.2 Å². The number of carboxylic acids is 1. The van der Waals surface area contributed by atoms with Crippen molar-refractivity contribution in [1.82, 2.24) is 5.32 Å². The molecule has 1 saturated carbocycles. The molecule has 0 aromatic carbocycles. The molecule has 0 aromatic heterocycles. The molecule has 1 fully saturated rings. The van der Waals surface area contributed by atoms with Gasteiger partial charge in [0.2, 0.25) is 5.91 Å². The molecule has 1 aliphatic rings. The summed E-state index contributed by atoms with van der Waals surface area (Å²) in [4.78, 5) is 22.9. The molecule has 0 aromatic rings. The van der Waals surface area contributed by atoms with Crippen molar-refractivity contribution in [2.24, 2.45) is 11.8 Å². The molecule has 0 bridgehead atoms. The zero-order valence-corrected chi connectivity index (χ0v) is 10.7. The Morgan fingerprint density at radius 1 is 1.35 bits per heavy atom. The molecule has 4 heteroatoms. The van der Waals surface area contributed by atoms with E-state index in [0.29, 0.717) is 12.8 Å². The monoisotopic (exact) mass is 241 g/mol. The summed E-state index contributed by atoms with van der Waals surface area (Å²) >= 11 is 0. The second-order valence-electron chi connectivity index (χ2n) is 5.10. The molecule has 0 saturated heterocycles. The van der Waals surface area contributed by atoms with Crippen molar-refractivity contribution < 1.29 is 14.7 Å². The normalized spacial score (nSPS) is 26.2. The minimum atomic E-state index is -0.760. The zero-order chi connectivity index (χ0) is 12.8. The first-order valence-corrected chi connectivity index (χ1v) is 6.57. The van der Waals surface area contributed by atoms with Gasteiger partial charge in [0.05, 0.1) is 5.92 Å². The molecule has 4 nitrogen and oxygen atoms in total. The quantitative estimate of drug-likeness (QED) is 0.775. The van der Waals surface area contributed by atoms with Crippen LogP contribution in [0.4, 0.5) is 0 Å². The summed E-state index contributed by atoms with van der Waals surface area (Å²) in [5.41, 5.74) is 0. The molecule has 0 aliphatic heterocycles. The third kappa shape index (κ3) is 4.36. The van der Waals surface area contributed by atoms with Gasteiger partial charge in [0, 0.05) is 12.0 Å². The van der Waals surface area contributed by atoms with E-state index in [1.807, 2.05) is 6.92 Å². The predicted octanol–water partition coefficient (Wildman–Crippen LogP) is 2.18. The Hall–Kier alpha value is -1.06. The zero-order valence-electron chi connectivity index (χ0n) is 10.7. The predicted molar refractivity (Wildman–Crippen MR) is 65.6 cm³/mol.